The summed E-state index contributed by atoms with van der Waals surface area (Å²) in [5.41, 5.74) is 2.18. The Morgan fingerprint density at radius 1 is 1.36 bits per heavy atom. The van der Waals surface area contributed by atoms with Gasteiger partial charge in [-0.05, 0) is 29.5 Å². The molecule has 3 N–H and O–H groups in total. The number of amides is 1. The van der Waals surface area contributed by atoms with Gasteiger partial charge in [-0.25, -0.2) is 0 Å². The minimum absolute atomic E-state index is 0. The first-order valence-corrected chi connectivity index (χ1v) is 7.65. The average molecular weight is 327 g/mol. The highest BCUT2D eigenvalue weighted by atomic mass is 35.5. The molecule has 1 saturated heterocycles. The van der Waals surface area contributed by atoms with Gasteiger partial charge in [0.15, 0.2) is 0 Å². The third-order valence-corrected chi connectivity index (χ3v) is 4.06. The maximum absolute atomic E-state index is 11.9. The summed E-state index contributed by atoms with van der Waals surface area (Å²) in [4.78, 5) is 11.9. The Kier molecular flexibility index (Phi) is 6.85. The first kappa shape index (κ1) is 18.9. The summed E-state index contributed by atoms with van der Waals surface area (Å²) in [6.45, 7) is 8.39. The topological polar surface area (TPSA) is 61.4 Å². The maximum atomic E-state index is 11.9. The minimum atomic E-state index is -0.655. The minimum Gasteiger partial charge on any atom is -0.387 e. The molecule has 0 radical (unpaired) electrons. The van der Waals surface area contributed by atoms with E-state index in [0.717, 1.165) is 25.1 Å². The van der Waals surface area contributed by atoms with E-state index in [4.69, 9.17) is 0 Å². The maximum Gasteiger partial charge on any atom is 0.224 e. The van der Waals surface area contributed by atoms with E-state index in [0.29, 0.717) is 0 Å². The summed E-state index contributed by atoms with van der Waals surface area (Å²) in [5.74, 6) is 0.0748. The predicted molar refractivity (Wildman–Crippen MR) is 91.3 cm³/mol. The highest BCUT2D eigenvalue weighted by Crippen LogP contribution is 2.23. The van der Waals surface area contributed by atoms with Gasteiger partial charge in [0.25, 0.3) is 0 Å². The number of rotatable bonds is 4. The van der Waals surface area contributed by atoms with E-state index >= 15 is 0 Å². The number of carbonyl (C=O) groups excluding carboxylic acids is 1. The Labute approximate surface area is 139 Å². The molecule has 2 atom stereocenters. The van der Waals surface area contributed by atoms with E-state index < -0.39 is 6.10 Å². The second-order valence-corrected chi connectivity index (χ2v) is 6.82. The number of carbonyl (C=O) groups is 1. The molecule has 0 aliphatic carbocycles. The van der Waals surface area contributed by atoms with Crippen LogP contribution in [0.25, 0.3) is 0 Å². The van der Waals surface area contributed by atoms with Crippen molar-refractivity contribution in [1.82, 2.24) is 10.6 Å². The van der Waals surface area contributed by atoms with Gasteiger partial charge in [0.2, 0.25) is 5.91 Å². The monoisotopic (exact) mass is 326 g/mol. The molecule has 1 aromatic carbocycles. The van der Waals surface area contributed by atoms with Crippen LogP contribution in [-0.2, 0) is 10.2 Å². The van der Waals surface area contributed by atoms with Gasteiger partial charge < -0.3 is 15.7 Å². The smallest absolute Gasteiger partial charge is 0.224 e. The first-order valence-electron chi connectivity index (χ1n) is 7.65. The van der Waals surface area contributed by atoms with E-state index in [1.807, 2.05) is 24.3 Å². The van der Waals surface area contributed by atoms with Gasteiger partial charge in [0.05, 0.1) is 12.0 Å². The summed E-state index contributed by atoms with van der Waals surface area (Å²) >= 11 is 0. The summed E-state index contributed by atoms with van der Waals surface area (Å²) in [6.07, 6.45) is 0.222. The standard InChI is InChI=1S/C17H26N2O2.ClH/c1-17(2,3)14-6-4-12(5-7-14)15(20)11-19-16(21)13-8-9-18-10-13;/h4-7,13,15,18,20H,8-11H2,1-3H3,(H,19,21);1H. The molecule has 1 aliphatic heterocycles. The molecule has 1 fully saturated rings. The Morgan fingerprint density at radius 2 is 2.00 bits per heavy atom. The van der Waals surface area contributed by atoms with Crippen LogP contribution in [0.3, 0.4) is 0 Å². The Balaban J connectivity index is 0.00000242. The zero-order valence-corrected chi connectivity index (χ0v) is 14.4. The Hall–Kier alpha value is -1.10. The number of halogens is 1. The lowest BCUT2D eigenvalue weighted by Gasteiger charge is -2.20. The number of nitrogens with one attached hydrogen (secondary N) is 2. The number of benzene rings is 1. The molecule has 1 amide bonds. The van der Waals surface area contributed by atoms with Gasteiger partial charge in [-0.3, -0.25) is 4.79 Å². The predicted octanol–water partition coefficient (Wildman–Crippen LogP) is 2.17. The molecular weight excluding hydrogens is 300 g/mol. The summed E-state index contributed by atoms with van der Waals surface area (Å²) in [7, 11) is 0. The molecule has 22 heavy (non-hydrogen) atoms. The lowest BCUT2D eigenvalue weighted by molar-refractivity contribution is -0.124. The molecule has 0 spiro atoms. The normalized spacial score (nSPS) is 19.4. The van der Waals surface area contributed by atoms with E-state index in [1.54, 1.807) is 0 Å². The van der Waals surface area contributed by atoms with Crippen LogP contribution in [0, 0.1) is 5.92 Å². The van der Waals surface area contributed by atoms with Crippen LogP contribution < -0.4 is 10.6 Å². The van der Waals surface area contributed by atoms with Crippen molar-refractivity contribution in [1.29, 1.82) is 0 Å². The van der Waals surface area contributed by atoms with Crippen molar-refractivity contribution in [2.24, 2.45) is 5.92 Å². The van der Waals surface area contributed by atoms with Crippen LogP contribution in [0.5, 0.6) is 0 Å². The lowest BCUT2D eigenvalue weighted by atomic mass is 9.86. The van der Waals surface area contributed by atoms with Crippen LogP contribution in [0.4, 0.5) is 0 Å². The summed E-state index contributed by atoms with van der Waals surface area (Å²) in [5, 5.41) is 16.2. The molecule has 0 aromatic heterocycles. The number of aliphatic hydroxyl groups excluding tert-OH is 1. The van der Waals surface area contributed by atoms with Crippen LogP contribution in [0.15, 0.2) is 24.3 Å². The molecule has 2 unspecified atom stereocenters. The van der Waals surface area contributed by atoms with Gasteiger partial charge in [-0.2, -0.15) is 0 Å². The molecule has 4 nitrogen and oxygen atoms in total. The van der Waals surface area contributed by atoms with Crippen molar-refractivity contribution in [2.45, 2.75) is 38.7 Å². The van der Waals surface area contributed by atoms with E-state index in [9.17, 15) is 9.90 Å². The van der Waals surface area contributed by atoms with Gasteiger partial charge in [0, 0.05) is 13.1 Å². The Bertz CT molecular complexity index is 476. The van der Waals surface area contributed by atoms with Crippen LogP contribution >= 0.6 is 12.4 Å². The van der Waals surface area contributed by atoms with Crippen molar-refractivity contribution < 1.29 is 9.90 Å². The number of aliphatic hydroxyl groups is 1. The SMILES string of the molecule is CC(C)(C)c1ccc(C(O)CNC(=O)C2CCNC2)cc1.Cl. The zero-order valence-electron chi connectivity index (χ0n) is 13.6. The highest BCUT2D eigenvalue weighted by molar-refractivity contribution is 5.85. The third kappa shape index (κ3) is 4.97. The zero-order chi connectivity index (χ0) is 15.5. The van der Waals surface area contributed by atoms with Crippen LogP contribution in [0.2, 0.25) is 0 Å². The summed E-state index contributed by atoms with van der Waals surface area (Å²) in [6, 6.07) is 7.96. The van der Waals surface area contributed by atoms with Crippen molar-refractivity contribution in [2.75, 3.05) is 19.6 Å². The van der Waals surface area contributed by atoms with Crippen molar-refractivity contribution >= 4 is 18.3 Å². The first-order chi connectivity index (χ1) is 9.88. The third-order valence-electron chi connectivity index (χ3n) is 4.06. The molecule has 0 bridgehead atoms. The van der Waals surface area contributed by atoms with Gasteiger partial charge >= 0.3 is 0 Å². The highest BCUT2D eigenvalue weighted by Gasteiger charge is 2.22. The van der Waals surface area contributed by atoms with Crippen LogP contribution in [-0.4, -0.2) is 30.6 Å². The fourth-order valence-electron chi connectivity index (χ4n) is 2.54. The number of hydrogen-bond acceptors (Lipinski definition) is 3. The van der Waals surface area contributed by atoms with E-state index in [-0.39, 0.29) is 36.2 Å². The fourth-order valence-corrected chi connectivity index (χ4v) is 2.54. The molecular formula is C17H27ClN2O2. The molecule has 2 rings (SSSR count). The van der Waals surface area contributed by atoms with Gasteiger partial charge in [-0.15, -0.1) is 12.4 Å². The van der Waals surface area contributed by atoms with Crippen molar-refractivity contribution in [3.05, 3.63) is 35.4 Å². The molecule has 124 valence electrons. The van der Waals surface area contributed by atoms with Gasteiger partial charge in [0.1, 0.15) is 0 Å². The second-order valence-electron chi connectivity index (χ2n) is 6.82. The molecule has 1 aliphatic rings. The van der Waals surface area contributed by atoms with Gasteiger partial charge in [-0.1, -0.05) is 45.0 Å². The summed E-state index contributed by atoms with van der Waals surface area (Å²) < 4.78 is 0. The van der Waals surface area contributed by atoms with E-state index in [2.05, 4.69) is 31.4 Å². The van der Waals surface area contributed by atoms with Crippen molar-refractivity contribution in [3.8, 4) is 0 Å². The van der Waals surface area contributed by atoms with Crippen LogP contribution in [0.1, 0.15) is 44.4 Å². The quantitative estimate of drug-likeness (QED) is 0.794. The fraction of sp³-hybridized carbons (Fsp3) is 0.588. The molecule has 1 aromatic rings. The average Bonchev–Trinajstić information content (AvgIpc) is 2.98. The lowest BCUT2D eigenvalue weighted by Crippen LogP contribution is -2.34. The van der Waals surface area contributed by atoms with E-state index in [1.165, 1.54) is 5.56 Å². The largest absolute Gasteiger partial charge is 0.387 e. The molecule has 0 saturated carbocycles. The molecule has 5 heteroatoms. The Morgan fingerprint density at radius 3 is 2.50 bits per heavy atom. The molecule has 1 heterocycles. The second kappa shape index (κ2) is 7.95. The number of hydrogen-bond donors (Lipinski definition) is 3. The van der Waals surface area contributed by atoms with Crippen molar-refractivity contribution in [3.63, 3.8) is 0 Å².